The Hall–Kier alpha value is -0.830. The van der Waals surface area contributed by atoms with Crippen LogP contribution in [0.15, 0.2) is 12.2 Å². The molecule has 0 saturated heterocycles. The van der Waals surface area contributed by atoms with E-state index in [2.05, 4.69) is 17.5 Å². The number of carbonyl (C=O) groups excluding carboxylic acids is 1. The van der Waals surface area contributed by atoms with Gasteiger partial charge >= 0.3 is 0 Å². The van der Waals surface area contributed by atoms with E-state index >= 15 is 0 Å². The molecule has 0 aromatic rings. The lowest BCUT2D eigenvalue weighted by Crippen LogP contribution is -2.46. The summed E-state index contributed by atoms with van der Waals surface area (Å²) in [5.41, 5.74) is 6.20. The highest BCUT2D eigenvalue weighted by atomic mass is 16.1. The summed E-state index contributed by atoms with van der Waals surface area (Å²) in [7, 11) is 0. The molecule has 2 fully saturated rings. The van der Waals surface area contributed by atoms with Gasteiger partial charge in [-0.3, -0.25) is 4.79 Å². The molecular weight excluding hydrogens is 224 g/mol. The molecule has 18 heavy (non-hydrogen) atoms. The zero-order valence-electron chi connectivity index (χ0n) is 11.0. The zero-order chi connectivity index (χ0) is 12.5. The Labute approximate surface area is 109 Å². The Balaban J connectivity index is 1.51. The molecule has 3 nitrogen and oxygen atoms in total. The number of hydrogen-bond acceptors (Lipinski definition) is 2. The van der Waals surface area contributed by atoms with Crippen LogP contribution in [0.3, 0.4) is 0 Å². The second-order valence-electron chi connectivity index (χ2n) is 6.33. The van der Waals surface area contributed by atoms with E-state index in [1.165, 1.54) is 25.7 Å². The number of amides is 1. The van der Waals surface area contributed by atoms with E-state index in [0.717, 1.165) is 19.4 Å². The molecular formula is C15H24N2O. The summed E-state index contributed by atoms with van der Waals surface area (Å²) >= 11 is 0. The van der Waals surface area contributed by atoms with Crippen molar-refractivity contribution in [2.75, 3.05) is 6.54 Å². The van der Waals surface area contributed by atoms with Crippen LogP contribution in [0.1, 0.15) is 38.5 Å². The molecule has 0 radical (unpaired) electrons. The van der Waals surface area contributed by atoms with E-state index in [0.29, 0.717) is 17.8 Å². The molecule has 0 aromatic carbocycles. The van der Waals surface area contributed by atoms with E-state index in [1.54, 1.807) is 0 Å². The average Bonchev–Trinajstić information content (AvgIpc) is 2.98. The number of fused-ring (bicyclic) bond motifs is 2. The molecule has 1 amide bonds. The third kappa shape index (κ3) is 2.20. The van der Waals surface area contributed by atoms with Crippen LogP contribution in [-0.2, 0) is 4.79 Å². The maximum Gasteiger partial charge on any atom is 0.224 e. The largest absolute Gasteiger partial charge is 0.356 e. The maximum atomic E-state index is 12.3. The van der Waals surface area contributed by atoms with Gasteiger partial charge in [0, 0.05) is 12.6 Å². The first-order valence-corrected chi connectivity index (χ1v) is 7.44. The molecule has 0 heterocycles. The van der Waals surface area contributed by atoms with Gasteiger partial charge in [-0.1, -0.05) is 12.2 Å². The SMILES string of the molecule is NC1C2CCC(C2)C1C(=O)NCC1CC=CCC1. The van der Waals surface area contributed by atoms with Crippen LogP contribution in [0, 0.1) is 23.7 Å². The minimum absolute atomic E-state index is 0.0999. The average molecular weight is 248 g/mol. The number of rotatable bonds is 3. The molecule has 100 valence electrons. The standard InChI is InChI=1S/C15H24N2O/c16-14-12-7-6-11(8-12)13(14)15(18)17-9-10-4-2-1-3-5-10/h1-2,10-14H,3-9,16H2,(H,17,18). The molecule has 3 heteroatoms. The van der Waals surface area contributed by atoms with Crippen LogP contribution >= 0.6 is 0 Å². The summed E-state index contributed by atoms with van der Waals surface area (Å²) < 4.78 is 0. The first-order chi connectivity index (χ1) is 8.75. The van der Waals surface area contributed by atoms with Gasteiger partial charge in [0.05, 0.1) is 5.92 Å². The second kappa shape index (κ2) is 5.04. The van der Waals surface area contributed by atoms with Crippen LogP contribution < -0.4 is 11.1 Å². The van der Waals surface area contributed by atoms with Gasteiger partial charge in [0.25, 0.3) is 0 Å². The van der Waals surface area contributed by atoms with Crippen molar-refractivity contribution in [3.05, 3.63) is 12.2 Å². The monoisotopic (exact) mass is 248 g/mol. The van der Waals surface area contributed by atoms with Gasteiger partial charge in [0.2, 0.25) is 5.91 Å². The number of allylic oxidation sites excluding steroid dienone is 2. The topological polar surface area (TPSA) is 55.1 Å². The van der Waals surface area contributed by atoms with Crippen molar-refractivity contribution in [2.45, 2.75) is 44.6 Å². The molecule has 0 spiro atoms. The molecule has 5 atom stereocenters. The van der Waals surface area contributed by atoms with Crippen LogP contribution in [0.4, 0.5) is 0 Å². The Morgan fingerprint density at radius 3 is 2.72 bits per heavy atom. The third-order valence-corrected chi connectivity index (χ3v) is 5.23. The molecule has 3 N–H and O–H groups in total. The van der Waals surface area contributed by atoms with E-state index in [4.69, 9.17) is 5.73 Å². The second-order valence-corrected chi connectivity index (χ2v) is 6.33. The van der Waals surface area contributed by atoms with Gasteiger partial charge in [-0.05, 0) is 56.3 Å². The lowest BCUT2D eigenvalue weighted by atomic mass is 9.84. The maximum absolute atomic E-state index is 12.3. The summed E-state index contributed by atoms with van der Waals surface area (Å²) in [6.07, 6.45) is 11.6. The van der Waals surface area contributed by atoms with Gasteiger partial charge < -0.3 is 11.1 Å². The smallest absolute Gasteiger partial charge is 0.224 e. The molecule has 2 saturated carbocycles. The van der Waals surface area contributed by atoms with Crippen molar-refractivity contribution in [1.29, 1.82) is 0 Å². The van der Waals surface area contributed by atoms with Crippen molar-refractivity contribution in [2.24, 2.45) is 29.4 Å². The van der Waals surface area contributed by atoms with Gasteiger partial charge in [0.1, 0.15) is 0 Å². The number of hydrogen-bond donors (Lipinski definition) is 2. The van der Waals surface area contributed by atoms with Crippen molar-refractivity contribution < 1.29 is 4.79 Å². The van der Waals surface area contributed by atoms with Crippen LogP contribution in [0.5, 0.6) is 0 Å². The van der Waals surface area contributed by atoms with Crippen LogP contribution in [0.25, 0.3) is 0 Å². The van der Waals surface area contributed by atoms with E-state index in [9.17, 15) is 4.79 Å². The van der Waals surface area contributed by atoms with Crippen molar-refractivity contribution in [3.8, 4) is 0 Å². The highest BCUT2D eigenvalue weighted by Crippen LogP contribution is 2.47. The van der Waals surface area contributed by atoms with E-state index in [1.807, 2.05) is 0 Å². The summed E-state index contributed by atoms with van der Waals surface area (Å²) in [5.74, 6) is 2.14. The lowest BCUT2D eigenvalue weighted by Gasteiger charge is -2.28. The molecule has 3 aliphatic rings. The minimum Gasteiger partial charge on any atom is -0.356 e. The first kappa shape index (κ1) is 12.2. The molecule has 3 aliphatic carbocycles. The first-order valence-electron chi connectivity index (χ1n) is 7.44. The van der Waals surface area contributed by atoms with Crippen molar-refractivity contribution in [1.82, 2.24) is 5.32 Å². The Kier molecular flexibility index (Phi) is 3.42. The lowest BCUT2D eigenvalue weighted by molar-refractivity contribution is -0.127. The normalized spacial score (nSPS) is 42.2. The summed E-state index contributed by atoms with van der Waals surface area (Å²) in [5, 5.41) is 3.16. The summed E-state index contributed by atoms with van der Waals surface area (Å²) in [4.78, 5) is 12.3. The molecule has 0 aromatic heterocycles. The zero-order valence-corrected chi connectivity index (χ0v) is 11.0. The highest BCUT2D eigenvalue weighted by molar-refractivity contribution is 5.80. The minimum atomic E-state index is 0.0999. The van der Waals surface area contributed by atoms with Crippen LogP contribution in [-0.4, -0.2) is 18.5 Å². The number of carbonyl (C=O) groups is 1. The Morgan fingerprint density at radius 2 is 2.06 bits per heavy atom. The van der Waals surface area contributed by atoms with E-state index < -0.39 is 0 Å². The van der Waals surface area contributed by atoms with Crippen molar-refractivity contribution >= 4 is 5.91 Å². The summed E-state index contributed by atoms with van der Waals surface area (Å²) in [6, 6.07) is 0.120. The fourth-order valence-corrected chi connectivity index (χ4v) is 4.13. The fourth-order valence-electron chi connectivity index (χ4n) is 4.13. The van der Waals surface area contributed by atoms with Crippen LogP contribution in [0.2, 0.25) is 0 Å². The molecule has 2 bridgehead atoms. The third-order valence-electron chi connectivity index (χ3n) is 5.23. The van der Waals surface area contributed by atoms with Gasteiger partial charge in [0.15, 0.2) is 0 Å². The number of nitrogens with two attached hydrogens (primary N) is 1. The van der Waals surface area contributed by atoms with Gasteiger partial charge in [-0.2, -0.15) is 0 Å². The summed E-state index contributed by atoms with van der Waals surface area (Å²) in [6.45, 7) is 0.837. The van der Waals surface area contributed by atoms with Crippen molar-refractivity contribution in [3.63, 3.8) is 0 Å². The van der Waals surface area contributed by atoms with E-state index in [-0.39, 0.29) is 17.9 Å². The Bertz CT molecular complexity index is 350. The predicted octanol–water partition coefficient (Wildman–Crippen LogP) is 1.83. The number of nitrogens with one attached hydrogen (secondary N) is 1. The van der Waals surface area contributed by atoms with Gasteiger partial charge in [-0.25, -0.2) is 0 Å². The molecule has 5 unspecified atom stereocenters. The highest BCUT2D eigenvalue weighted by Gasteiger charge is 2.48. The van der Waals surface area contributed by atoms with Gasteiger partial charge in [-0.15, -0.1) is 0 Å². The quantitative estimate of drug-likeness (QED) is 0.749. The predicted molar refractivity (Wildman–Crippen MR) is 71.8 cm³/mol. The molecule has 0 aliphatic heterocycles. The Morgan fingerprint density at radius 1 is 1.22 bits per heavy atom. The fraction of sp³-hybridized carbons (Fsp3) is 0.800. The molecule has 3 rings (SSSR count).